The van der Waals surface area contributed by atoms with Gasteiger partial charge in [-0.15, -0.1) is 0 Å². The number of carbonyl (C=O) groups is 1. The Morgan fingerprint density at radius 2 is 1.93 bits per heavy atom. The van der Waals surface area contributed by atoms with Gasteiger partial charge in [0.2, 0.25) is 0 Å². The molecule has 0 unspecified atom stereocenters. The SMILES string of the molecule is Cc1ccc(-c2c(CC(=O)O)c(C)c3c4c2cc(C#N)n4CCN3C)cc1. The van der Waals surface area contributed by atoms with E-state index >= 15 is 0 Å². The molecule has 1 aromatic heterocycles. The minimum Gasteiger partial charge on any atom is -0.481 e. The number of aryl methyl sites for hydroxylation is 1. The highest BCUT2D eigenvalue weighted by molar-refractivity contribution is 6.07. The topological polar surface area (TPSA) is 69.3 Å². The lowest BCUT2D eigenvalue weighted by Gasteiger charge is -2.31. The highest BCUT2D eigenvalue weighted by Gasteiger charge is 2.28. The molecule has 1 aliphatic rings. The van der Waals surface area contributed by atoms with Gasteiger partial charge in [0.1, 0.15) is 11.8 Å². The van der Waals surface area contributed by atoms with Crippen molar-refractivity contribution in [2.75, 3.05) is 18.5 Å². The van der Waals surface area contributed by atoms with Gasteiger partial charge in [-0.1, -0.05) is 29.8 Å². The first-order valence-corrected chi connectivity index (χ1v) is 9.01. The van der Waals surface area contributed by atoms with E-state index in [4.69, 9.17) is 0 Å². The fourth-order valence-electron chi connectivity index (χ4n) is 4.24. The molecular formula is C22H21N3O2. The summed E-state index contributed by atoms with van der Waals surface area (Å²) in [5.74, 6) is -0.851. The number of nitrogens with zero attached hydrogens (tertiary/aromatic N) is 3. The summed E-state index contributed by atoms with van der Waals surface area (Å²) < 4.78 is 2.07. The Morgan fingerprint density at radius 1 is 1.22 bits per heavy atom. The predicted octanol–water partition coefficient (Wildman–Crippen LogP) is 3.87. The molecule has 0 saturated heterocycles. The van der Waals surface area contributed by atoms with Crippen LogP contribution >= 0.6 is 0 Å². The smallest absolute Gasteiger partial charge is 0.307 e. The van der Waals surface area contributed by atoms with Gasteiger partial charge in [0.05, 0.1) is 17.6 Å². The quantitative estimate of drug-likeness (QED) is 0.771. The molecule has 5 heteroatoms. The Kier molecular flexibility index (Phi) is 3.92. The van der Waals surface area contributed by atoms with Crippen molar-refractivity contribution in [1.82, 2.24) is 4.57 Å². The normalized spacial score (nSPS) is 13.0. The van der Waals surface area contributed by atoms with Crippen molar-refractivity contribution in [2.24, 2.45) is 0 Å². The summed E-state index contributed by atoms with van der Waals surface area (Å²) >= 11 is 0. The summed E-state index contributed by atoms with van der Waals surface area (Å²) in [5, 5.41) is 20.1. The lowest BCUT2D eigenvalue weighted by molar-refractivity contribution is -0.136. The molecule has 2 heterocycles. The van der Waals surface area contributed by atoms with E-state index in [0.29, 0.717) is 5.69 Å². The van der Waals surface area contributed by atoms with Gasteiger partial charge in [-0.3, -0.25) is 4.79 Å². The number of carboxylic acid groups (broad SMARTS) is 1. The van der Waals surface area contributed by atoms with E-state index < -0.39 is 5.97 Å². The van der Waals surface area contributed by atoms with Crippen LogP contribution < -0.4 is 4.90 Å². The van der Waals surface area contributed by atoms with Crippen LogP contribution in [0.3, 0.4) is 0 Å². The van der Waals surface area contributed by atoms with Crippen LogP contribution in [0.25, 0.3) is 22.0 Å². The van der Waals surface area contributed by atoms with Crippen LogP contribution in [-0.4, -0.2) is 29.2 Å². The molecule has 0 radical (unpaired) electrons. The molecule has 3 aromatic rings. The molecule has 4 rings (SSSR count). The number of hydrogen-bond donors (Lipinski definition) is 1. The zero-order chi connectivity index (χ0) is 19.3. The first-order chi connectivity index (χ1) is 12.9. The zero-order valence-electron chi connectivity index (χ0n) is 15.7. The van der Waals surface area contributed by atoms with Crippen molar-refractivity contribution in [2.45, 2.75) is 26.8 Å². The largest absolute Gasteiger partial charge is 0.481 e. The van der Waals surface area contributed by atoms with E-state index in [2.05, 4.69) is 15.5 Å². The van der Waals surface area contributed by atoms with Gasteiger partial charge in [-0.25, -0.2) is 0 Å². The molecule has 1 aliphatic heterocycles. The van der Waals surface area contributed by atoms with Crippen molar-refractivity contribution in [3.63, 3.8) is 0 Å². The molecule has 0 atom stereocenters. The summed E-state index contributed by atoms with van der Waals surface area (Å²) in [6.07, 6.45) is -0.0428. The van der Waals surface area contributed by atoms with Crippen LogP contribution in [0.2, 0.25) is 0 Å². The van der Waals surface area contributed by atoms with Crippen molar-refractivity contribution >= 4 is 22.6 Å². The second-order valence-corrected chi connectivity index (χ2v) is 7.24. The molecule has 27 heavy (non-hydrogen) atoms. The minimum absolute atomic E-state index is 0.0428. The van der Waals surface area contributed by atoms with Gasteiger partial charge in [0.15, 0.2) is 0 Å². The molecule has 136 valence electrons. The molecule has 0 saturated carbocycles. The van der Waals surface area contributed by atoms with Crippen LogP contribution in [0.5, 0.6) is 0 Å². The van der Waals surface area contributed by atoms with Crippen LogP contribution in [0, 0.1) is 25.2 Å². The van der Waals surface area contributed by atoms with Crippen LogP contribution in [0.4, 0.5) is 5.69 Å². The lowest BCUT2D eigenvalue weighted by Crippen LogP contribution is -2.29. The van der Waals surface area contributed by atoms with Crippen LogP contribution in [0.1, 0.15) is 22.4 Å². The Hall–Kier alpha value is -3.26. The first-order valence-electron chi connectivity index (χ1n) is 9.01. The number of benzene rings is 2. The van der Waals surface area contributed by atoms with Crippen molar-refractivity contribution in [1.29, 1.82) is 5.26 Å². The molecule has 0 aliphatic carbocycles. The third-order valence-electron chi connectivity index (χ3n) is 5.52. The third kappa shape index (κ3) is 2.57. The third-order valence-corrected chi connectivity index (χ3v) is 5.52. The second-order valence-electron chi connectivity index (χ2n) is 7.24. The number of likely N-dealkylation sites (N-methyl/N-ethyl adjacent to an activating group) is 1. The Morgan fingerprint density at radius 3 is 2.56 bits per heavy atom. The maximum atomic E-state index is 11.6. The number of carboxylic acids is 1. The molecule has 0 fully saturated rings. The Labute approximate surface area is 158 Å². The van der Waals surface area contributed by atoms with Gasteiger partial charge in [0.25, 0.3) is 0 Å². The summed E-state index contributed by atoms with van der Waals surface area (Å²) in [7, 11) is 2.03. The molecule has 0 bridgehead atoms. The van der Waals surface area contributed by atoms with E-state index in [9.17, 15) is 15.2 Å². The summed E-state index contributed by atoms with van der Waals surface area (Å²) in [4.78, 5) is 13.8. The van der Waals surface area contributed by atoms with Crippen molar-refractivity contribution in [3.05, 3.63) is 52.7 Å². The van der Waals surface area contributed by atoms with E-state index in [1.165, 1.54) is 0 Å². The maximum absolute atomic E-state index is 11.6. The van der Waals surface area contributed by atoms with Gasteiger partial charge in [0, 0.05) is 25.5 Å². The predicted molar refractivity (Wildman–Crippen MR) is 106 cm³/mol. The van der Waals surface area contributed by atoms with E-state index in [0.717, 1.165) is 57.5 Å². The molecule has 2 aromatic carbocycles. The highest BCUT2D eigenvalue weighted by Crippen LogP contribution is 2.44. The van der Waals surface area contributed by atoms with Crippen LogP contribution in [0.15, 0.2) is 30.3 Å². The second kappa shape index (κ2) is 6.17. The number of aliphatic carboxylic acids is 1. The number of aromatic nitrogens is 1. The highest BCUT2D eigenvalue weighted by atomic mass is 16.4. The monoisotopic (exact) mass is 359 g/mol. The average Bonchev–Trinajstić information content (AvgIpc) is 3.00. The van der Waals surface area contributed by atoms with E-state index in [1.807, 2.05) is 51.2 Å². The van der Waals surface area contributed by atoms with Gasteiger partial charge < -0.3 is 14.6 Å². The summed E-state index contributed by atoms with van der Waals surface area (Å²) in [6, 6.07) is 12.4. The zero-order valence-corrected chi connectivity index (χ0v) is 15.7. The fourth-order valence-corrected chi connectivity index (χ4v) is 4.24. The fraction of sp³-hybridized carbons (Fsp3) is 0.273. The van der Waals surface area contributed by atoms with Gasteiger partial charge >= 0.3 is 5.97 Å². The van der Waals surface area contributed by atoms with Crippen molar-refractivity contribution in [3.8, 4) is 17.2 Å². The summed E-state index contributed by atoms with van der Waals surface area (Å²) in [5.41, 5.74) is 7.56. The Bertz CT molecular complexity index is 1120. The average molecular weight is 359 g/mol. The number of nitriles is 1. The minimum atomic E-state index is -0.851. The number of hydrogen-bond acceptors (Lipinski definition) is 3. The van der Waals surface area contributed by atoms with E-state index in [-0.39, 0.29) is 6.42 Å². The Balaban J connectivity index is 2.18. The lowest BCUT2D eigenvalue weighted by atomic mass is 9.88. The molecule has 1 N–H and O–H groups in total. The van der Waals surface area contributed by atoms with E-state index in [1.54, 1.807) is 0 Å². The molecule has 0 amide bonds. The molecule has 5 nitrogen and oxygen atoms in total. The molecular weight excluding hydrogens is 338 g/mol. The molecule has 0 spiro atoms. The van der Waals surface area contributed by atoms with Gasteiger partial charge in [-0.2, -0.15) is 5.26 Å². The summed E-state index contributed by atoms with van der Waals surface area (Å²) in [6.45, 7) is 5.57. The number of rotatable bonds is 3. The van der Waals surface area contributed by atoms with Gasteiger partial charge in [-0.05, 0) is 42.2 Å². The van der Waals surface area contributed by atoms with Crippen LogP contribution in [-0.2, 0) is 17.8 Å². The van der Waals surface area contributed by atoms with Crippen molar-refractivity contribution < 1.29 is 9.90 Å². The number of anilines is 1. The standard InChI is InChI=1S/C22H21N3O2/c1-13-4-6-15(7-5-13)20-17(11-19(26)27)14(2)21-22-18(20)10-16(12-23)25(22)9-8-24(21)3/h4-7,10H,8-9,11H2,1-3H3,(H,26,27). The first kappa shape index (κ1) is 17.2. The maximum Gasteiger partial charge on any atom is 0.307 e.